The highest BCUT2D eigenvalue weighted by molar-refractivity contribution is 5.29. The summed E-state index contributed by atoms with van der Waals surface area (Å²) in [4.78, 5) is 0. The number of rotatable bonds is 6. The molecule has 0 aliphatic heterocycles. The number of hydrogen-bond donors (Lipinski definition) is 0. The molecule has 0 unspecified atom stereocenters. The fourth-order valence-electron chi connectivity index (χ4n) is 3.10. The van der Waals surface area contributed by atoms with E-state index < -0.39 is 0 Å². The van der Waals surface area contributed by atoms with E-state index in [1.165, 1.54) is 44.1 Å². The Hall–Kier alpha value is -1.24. The monoisotopic (exact) mass is 272 g/mol. The first-order chi connectivity index (χ1) is 9.83. The van der Waals surface area contributed by atoms with E-state index in [0.717, 1.165) is 24.2 Å². The quantitative estimate of drug-likeness (QED) is 0.602. The Balaban J connectivity index is 1.83. The molecule has 1 aromatic carbocycles. The minimum Gasteiger partial charge on any atom is -0.494 e. The second-order valence-corrected chi connectivity index (χ2v) is 5.83. The fourth-order valence-corrected chi connectivity index (χ4v) is 3.10. The predicted octanol–water partition coefficient (Wildman–Crippen LogP) is 5.72. The molecule has 1 saturated carbocycles. The summed E-state index contributed by atoms with van der Waals surface area (Å²) in [5, 5.41) is 0. The number of ether oxygens (including phenoxy) is 1. The number of allylic oxidation sites excluding steroid dienone is 2. The molecule has 0 spiro atoms. The summed E-state index contributed by atoms with van der Waals surface area (Å²) in [6, 6.07) is 8.74. The summed E-state index contributed by atoms with van der Waals surface area (Å²) in [5.41, 5.74) is 1.49. The molecule has 2 rings (SSSR count). The van der Waals surface area contributed by atoms with Crippen LogP contribution in [0.15, 0.2) is 36.4 Å². The first kappa shape index (κ1) is 15.2. The minimum atomic E-state index is 0.745. The zero-order valence-electron chi connectivity index (χ0n) is 13.0. The van der Waals surface area contributed by atoms with Crippen LogP contribution in [0.25, 0.3) is 0 Å². The molecular formula is C19H28O. The number of unbranched alkanes of at least 4 members (excludes halogenated alkanes) is 1. The number of benzene rings is 1. The summed E-state index contributed by atoms with van der Waals surface area (Å²) in [6.45, 7) is 5.02. The SMILES string of the molecule is CCC/C=C/C1CCC(c2ccc(OCC)cc2)CC1. The Kier molecular flexibility index (Phi) is 6.17. The lowest BCUT2D eigenvalue weighted by Crippen LogP contribution is -2.11. The Bertz CT molecular complexity index is 396. The van der Waals surface area contributed by atoms with E-state index in [-0.39, 0.29) is 0 Å². The van der Waals surface area contributed by atoms with Crippen LogP contribution in [0.4, 0.5) is 0 Å². The standard InChI is InChI=1S/C19H28O/c1-3-5-6-7-16-8-10-17(11-9-16)18-12-14-19(15-13-18)20-4-2/h6-7,12-17H,3-5,8-11H2,1-2H3/b7-6+. The third-order valence-corrected chi connectivity index (χ3v) is 4.30. The van der Waals surface area contributed by atoms with Gasteiger partial charge in [-0.3, -0.25) is 0 Å². The van der Waals surface area contributed by atoms with Gasteiger partial charge in [-0.2, -0.15) is 0 Å². The molecule has 110 valence electrons. The van der Waals surface area contributed by atoms with Gasteiger partial charge in [0.05, 0.1) is 6.61 Å². The second-order valence-electron chi connectivity index (χ2n) is 5.83. The second kappa shape index (κ2) is 8.14. The summed E-state index contributed by atoms with van der Waals surface area (Å²) in [7, 11) is 0. The highest BCUT2D eigenvalue weighted by atomic mass is 16.5. The van der Waals surface area contributed by atoms with Crippen LogP contribution in [-0.4, -0.2) is 6.61 Å². The molecule has 0 bridgehead atoms. The van der Waals surface area contributed by atoms with Crippen molar-refractivity contribution in [3.05, 3.63) is 42.0 Å². The van der Waals surface area contributed by atoms with E-state index in [0.29, 0.717) is 0 Å². The molecule has 0 atom stereocenters. The Morgan fingerprint density at radius 2 is 1.75 bits per heavy atom. The van der Waals surface area contributed by atoms with Crippen LogP contribution in [0.1, 0.15) is 63.9 Å². The summed E-state index contributed by atoms with van der Waals surface area (Å²) in [6.07, 6.45) is 12.7. The first-order valence-corrected chi connectivity index (χ1v) is 8.22. The van der Waals surface area contributed by atoms with Gasteiger partial charge in [-0.05, 0) is 68.6 Å². The van der Waals surface area contributed by atoms with Crippen molar-refractivity contribution in [2.24, 2.45) is 5.92 Å². The minimum absolute atomic E-state index is 0.745. The summed E-state index contributed by atoms with van der Waals surface area (Å²) < 4.78 is 5.51. The van der Waals surface area contributed by atoms with Crippen molar-refractivity contribution in [3.8, 4) is 5.75 Å². The van der Waals surface area contributed by atoms with Crippen molar-refractivity contribution in [1.29, 1.82) is 0 Å². The Morgan fingerprint density at radius 1 is 1.05 bits per heavy atom. The van der Waals surface area contributed by atoms with Crippen LogP contribution in [0, 0.1) is 5.92 Å². The lowest BCUT2D eigenvalue weighted by Gasteiger charge is -2.27. The molecule has 1 fully saturated rings. The van der Waals surface area contributed by atoms with Crippen molar-refractivity contribution >= 4 is 0 Å². The van der Waals surface area contributed by atoms with Crippen LogP contribution >= 0.6 is 0 Å². The van der Waals surface area contributed by atoms with Gasteiger partial charge in [0.1, 0.15) is 5.75 Å². The molecule has 1 nitrogen and oxygen atoms in total. The smallest absolute Gasteiger partial charge is 0.119 e. The van der Waals surface area contributed by atoms with Gasteiger partial charge in [0, 0.05) is 0 Å². The zero-order valence-corrected chi connectivity index (χ0v) is 13.0. The molecule has 0 radical (unpaired) electrons. The summed E-state index contributed by atoms with van der Waals surface area (Å²) in [5.74, 6) is 2.56. The van der Waals surface area contributed by atoms with E-state index in [2.05, 4.69) is 43.3 Å². The molecule has 1 aliphatic carbocycles. The fraction of sp³-hybridized carbons (Fsp3) is 0.579. The van der Waals surface area contributed by atoms with Gasteiger partial charge in [0.15, 0.2) is 0 Å². The molecule has 0 saturated heterocycles. The van der Waals surface area contributed by atoms with Crippen molar-refractivity contribution in [3.63, 3.8) is 0 Å². The van der Waals surface area contributed by atoms with Gasteiger partial charge in [0.25, 0.3) is 0 Å². The third-order valence-electron chi connectivity index (χ3n) is 4.30. The van der Waals surface area contributed by atoms with Gasteiger partial charge in [-0.15, -0.1) is 0 Å². The molecule has 0 N–H and O–H groups in total. The van der Waals surface area contributed by atoms with Gasteiger partial charge in [-0.25, -0.2) is 0 Å². The average Bonchev–Trinajstić information content (AvgIpc) is 2.49. The maximum atomic E-state index is 5.51. The first-order valence-electron chi connectivity index (χ1n) is 8.22. The van der Waals surface area contributed by atoms with Crippen molar-refractivity contribution in [2.75, 3.05) is 6.61 Å². The van der Waals surface area contributed by atoms with E-state index in [1.54, 1.807) is 0 Å². The highest BCUT2D eigenvalue weighted by Crippen LogP contribution is 2.36. The maximum absolute atomic E-state index is 5.51. The maximum Gasteiger partial charge on any atom is 0.119 e. The molecule has 1 aromatic rings. The van der Waals surface area contributed by atoms with Gasteiger partial charge in [0.2, 0.25) is 0 Å². The number of hydrogen-bond acceptors (Lipinski definition) is 1. The van der Waals surface area contributed by atoms with Crippen LogP contribution in [-0.2, 0) is 0 Å². The van der Waals surface area contributed by atoms with Gasteiger partial charge >= 0.3 is 0 Å². The summed E-state index contributed by atoms with van der Waals surface area (Å²) >= 11 is 0. The van der Waals surface area contributed by atoms with Crippen molar-refractivity contribution in [2.45, 2.75) is 58.3 Å². The average molecular weight is 272 g/mol. The molecule has 1 heteroatoms. The van der Waals surface area contributed by atoms with Crippen molar-refractivity contribution < 1.29 is 4.74 Å². The predicted molar refractivity (Wildman–Crippen MR) is 86.4 cm³/mol. The molecule has 0 aromatic heterocycles. The third kappa shape index (κ3) is 4.40. The van der Waals surface area contributed by atoms with E-state index in [9.17, 15) is 0 Å². The molecule has 20 heavy (non-hydrogen) atoms. The van der Waals surface area contributed by atoms with Gasteiger partial charge < -0.3 is 4.74 Å². The van der Waals surface area contributed by atoms with Crippen LogP contribution in [0.5, 0.6) is 5.75 Å². The topological polar surface area (TPSA) is 9.23 Å². The van der Waals surface area contributed by atoms with Crippen LogP contribution in [0.2, 0.25) is 0 Å². The zero-order chi connectivity index (χ0) is 14.2. The van der Waals surface area contributed by atoms with Crippen LogP contribution < -0.4 is 4.74 Å². The van der Waals surface area contributed by atoms with E-state index in [1.807, 2.05) is 6.92 Å². The molecule has 0 heterocycles. The van der Waals surface area contributed by atoms with E-state index in [4.69, 9.17) is 4.74 Å². The highest BCUT2D eigenvalue weighted by Gasteiger charge is 2.20. The lowest BCUT2D eigenvalue weighted by molar-refractivity contribution is 0.339. The molecular weight excluding hydrogens is 244 g/mol. The van der Waals surface area contributed by atoms with E-state index >= 15 is 0 Å². The lowest BCUT2D eigenvalue weighted by atomic mass is 9.78. The molecule has 0 amide bonds. The van der Waals surface area contributed by atoms with Gasteiger partial charge in [-0.1, -0.05) is 37.6 Å². The Morgan fingerprint density at radius 3 is 2.35 bits per heavy atom. The molecule has 1 aliphatic rings. The normalized spacial score (nSPS) is 23.1. The van der Waals surface area contributed by atoms with Crippen LogP contribution in [0.3, 0.4) is 0 Å². The Labute approximate surface area is 124 Å². The largest absolute Gasteiger partial charge is 0.494 e. The van der Waals surface area contributed by atoms with Crippen molar-refractivity contribution in [1.82, 2.24) is 0 Å².